The van der Waals surface area contributed by atoms with Gasteiger partial charge in [0.1, 0.15) is 5.75 Å². The largest absolute Gasteiger partial charge is 0.484 e. The lowest BCUT2D eigenvalue weighted by molar-refractivity contribution is -0.118. The van der Waals surface area contributed by atoms with Crippen LogP contribution >= 0.6 is 0 Å². The van der Waals surface area contributed by atoms with Crippen LogP contribution in [0.4, 0.5) is 5.69 Å². The average Bonchev–Trinajstić information content (AvgIpc) is 2.54. The van der Waals surface area contributed by atoms with Crippen molar-refractivity contribution in [1.82, 2.24) is 0 Å². The molecule has 0 radical (unpaired) electrons. The van der Waals surface area contributed by atoms with Gasteiger partial charge in [-0.3, -0.25) is 4.79 Å². The number of benzene rings is 2. The van der Waals surface area contributed by atoms with Gasteiger partial charge in [-0.25, -0.2) is 9.59 Å². The van der Waals surface area contributed by atoms with Gasteiger partial charge in [0.15, 0.2) is 6.61 Å². The molecule has 124 valence electrons. The van der Waals surface area contributed by atoms with Crippen molar-refractivity contribution in [3.8, 4) is 5.75 Å². The van der Waals surface area contributed by atoms with Crippen molar-refractivity contribution in [3.63, 3.8) is 0 Å². The highest BCUT2D eigenvalue weighted by atomic mass is 16.5. The van der Waals surface area contributed by atoms with Gasteiger partial charge in [-0.15, -0.1) is 0 Å². The number of hydrogen-bond donors (Lipinski definition) is 3. The maximum atomic E-state index is 11.9. The first-order valence-electron chi connectivity index (χ1n) is 6.96. The summed E-state index contributed by atoms with van der Waals surface area (Å²) in [6.45, 7) is 1.63. The fourth-order valence-electron chi connectivity index (χ4n) is 1.93. The number of aryl methyl sites for hydroxylation is 1. The van der Waals surface area contributed by atoms with Crippen molar-refractivity contribution in [3.05, 3.63) is 59.2 Å². The van der Waals surface area contributed by atoms with Crippen molar-refractivity contribution in [2.75, 3.05) is 11.9 Å². The number of carboxylic acids is 2. The summed E-state index contributed by atoms with van der Waals surface area (Å²) in [5.41, 5.74) is 0.664. The maximum Gasteiger partial charge on any atom is 0.335 e. The SMILES string of the molecule is Cc1ccc(OCC(=O)Nc2cc(C(=O)O)cc(C(=O)O)c2)cc1. The van der Waals surface area contributed by atoms with Crippen LogP contribution in [0.25, 0.3) is 0 Å². The maximum absolute atomic E-state index is 11.9. The summed E-state index contributed by atoms with van der Waals surface area (Å²) in [6, 6.07) is 10.5. The first kappa shape index (κ1) is 17.0. The number of nitrogens with one attached hydrogen (secondary N) is 1. The number of rotatable bonds is 6. The van der Waals surface area contributed by atoms with Crippen LogP contribution in [-0.2, 0) is 4.79 Å². The minimum atomic E-state index is -1.29. The number of carboxylic acid groups (broad SMARTS) is 2. The molecular formula is C17H15NO6. The summed E-state index contributed by atoms with van der Waals surface area (Å²) < 4.78 is 5.31. The highest BCUT2D eigenvalue weighted by Crippen LogP contribution is 2.16. The number of carbonyl (C=O) groups is 3. The summed E-state index contributed by atoms with van der Waals surface area (Å²) in [6.07, 6.45) is 0. The predicted molar refractivity (Wildman–Crippen MR) is 85.7 cm³/mol. The third-order valence-corrected chi connectivity index (χ3v) is 3.10. The molecular weight excluding hydrogens is 314 g/mol. The van der Waals surface area contributed by atoms with Crippen LogP contribution in [0, 0.1) is 6.92 Å². The van der Waals surface area contributed by atoms with E-state index < -0.39 is 17.8 Å². The Morgan fingerprint density at radius 3 is 2.00 bits per heavy atom. The van der Waals surface area contributed by atoms with E-state index in [1.54, 1.807) is 12.1 Å². The Bertz CT molecular complexity index is 750. The third-order valence-electron chi connectivity index (χ3n) is 3.10. The third kappa shape index (κ3) is 4.57. The average molecular weight is 329 g/mol. The molecule has 0 heterocycles. The van der Waals surface area contributed by atoms with Gasteiger partial charge in [0.05, 0.1) is 11.1 Å². The smallest absolute Gasteiger partial charge is 0.335 e. The van der Waals surface area contributed by atoms with E-state index in [4.69, 9.17) is 14.9 Å². The van der Waals surface area contributed by atoms with Crippen LogP contribution in [0.5, 0.6) is 5.75 Å². The summed E-state index contributed by atoms with van der Waals surface area (Å²) in [4.78, 5) is 33.9. The van der Waals surface area contributed by atoms with Gasteiger partial charge in [-0.2, -0.15) is 0 Å². The van der Waals surface area contributed by atoms with E-state index in [2.05, 4.69) is 5.32 Å². The molecule has 2 rings (SSSR count). The summed E-state index contributed by atoms with van der Waals surface area (Å²) in [5.74, 6) is -2.59. The molecule has 3 N–H and O–H groups in total. The van der Waals surface area contributed by atoms with Crippen molar-refractivity contribution in [1.29, 1.82) is 0 Å². The number of amides is 1. The molecule has 0 aromatic heterocycles. The first-order chi connectivity index (χ1) is 11.3. The van der Waals surface area contributed by atoms with Crippen LogP contribution in [0.3, 0.4) is 0 Å². The van der Waals surface area contributed by atoms with E-state index in [9.17, 15) is 14.4 Å². The monoisotopic (exact) mass is 329 g/mol. The van der Waals surface area contributed by atoms with Gasteiger partial charge in [0, 0.05) is 5.69 Å². The Kier molecular flexibility index (Phi) is 5.16. The molecule has 0 aliphatic rings. The molecule has 0 aliphatic heterocycles. The fraction of sp³-hybridized carbons (Fsp3) is 0.118. The summed E-state index contributed by atoms with van der Waals surface area (Å²) in [5, 5.41) is 20.4. The molecule has 0 saturated heterocycles. The van der Waals surface area contributed by atoms with Crippen molar-refractivity contribution in [2.45, 2.75) is 6.92 Å². The second-order valence-corrected chi connectivity index (χ2v) is 5.06. The topological polar surface area (TPSA) is 113 Å². The number of anilines is 1. The zero-order chi connectivity index (χ0) is 17.7. The Morgan fingerprint density at radius 1 is 0.958 bits per heavy atom. The van der Waals surface area contributed by atoms with Crippen LogP contribution in [-0.4, -0.2) is 34.7 Å². The summed E-state index contributed by atoms with van der Waals surface area (Å²) in [7, 11) is 0. The number of aromatic carboxylic acids is 2. The van der Waals surface area contributed by atoms with E-state index in [1.165, 1.54) is 12.1 Å². The van der Waals surface area contributed by atoms with Gasteiger partial charge in [-0.1, -0.05) is 17.7 Å². The van der Waals surface area contributed by atoms with Crippen molar-refractivity contribution >= 4 is 23.5 Å². The van der Waals surface area contributed by atoms with Crippen molar-refractivity contribution in [2.24, 2.45) is 0 Å². The van der Waals surface area contributed by atoms with Gasteiger partial charge in [0.2, 0.25) is 0 Å². The quantitative estimate of drug-likeness (QED) is 0.750. The standard InChI is InChI=1S/C17H15NO6/c1-10-2-4-14(5-3-10)24-9-15(19)18-13-7-11(16(20)21)6-12(8-13)17(22)23/h2-8H,9H2,1H3,(H,18,19)(H,20,21)(H,22,23). The lowest BCUT2D eigenvalue weighted by Gasteiger charge is -2.09. The molecule has 0 unspecified atom stereocenters. The van der Waals surface area contributed by atoms with Crippen LogP contribution in [0.15, 0.2) is 42.5 Å². The summed E-state index contributed by atoms with van der Waals surface area (Å²) >= 11 is 0. The minimum absolute atomic E-state index is 0.0739. The van der Waals surface area contributed by atoms with Crippen LogP contribution < -0.4 is 10.1 Å². The molecule has 7 nitrogen and oxygen atoms in total. The Balaban J connectivity index is 2.06. The highest BCUT2D eigenvalue weighted by molar-refractivity contribution is 5.98. The van der Waals surface area contributed by atoms with Crippen LogP contribution in [0.2, 0.25) is 0 Å². The molecule has 7 heteroatoms. The molecule has 0 aliphatic carbocycles. The lowest BCUT2D eigenvalue weighted by atomic mass is 10.1. The normalized spacial score (nSPS) is 10.0. The van der Waals surface area contributed by atoms with Gasteiger partial charge in [0.25, 0.3) is 5.91 Å². The fourth-order valence-corrected chi connectivity index (χ4v) is 1.93. The number of ether oxygens (including phenoxy) is 1. The molecule has 0 saturated carbocycles. The van der Waals surface area contributed by atoms with E-state index in [0.717, 1.165) is 11.6 Å². The Hall–Kier alpha value is -3.35. The molecule has 0 atom stereocenters. The second-order valence-electron chi connectivity index (χ2n) is 5.06. The molecule has 0 fully saturated rings. The zero-order valence-corrected chi connectivity index (χ0v) is 12.8. The molecule has 24 heavy (non-hydrogen) atoms. The Morgan fingerprint density at radius 2 is 1.50 bits per heavy atom. The molecule has 0 spiro atoms. The van der Waals surface area contributed by atoms with E-state index >= 15 is 0 Å². The van der Waals surface area contributed by atoms with E-state index in [-0.39, 0.29) is 23.4 Å². The minimum Gasteiger partial charge on any atom is -0.484 e. The van der Waals surface area contributed by atoms with E-state index in [1.807, 2.05) is 19.1 Å². The number of hydrogen-bond acceptors (Lipinski definition) is 4. The molecule has 1 amide bonds. The number of carbonyl (C=O) groups excluding carboxylic acids is 1. The van der Waals surface area contributed by atoms with Crippen molar-refractivity contribution < 1.29 is 29.3 Å². The Labute approximate surface area is 137 Å². The highest BCUT2D eigenvalue weighted by Gasteiger charge is 2.13. The second kappa shape index (κ2) is 7.28. The molecule has 2 aromatic rings. The first-order valence-corrected chi connectivity index (χ1v) is 6.96. The lowest BCUT2D eigenvalue weighted by Crippen LogP contribution is -2.20. The van der Waals surface area contributed by atoms with E-state index in [0.29, 0.717) is 5.75 Å². The van der Waals surface area contributed by atoms with Gasteiger partial charge < -0.3 is 20.3 Å². The van der Waals surface area contributed by atoms with Gasteiger partial charge >= 0.3 is 11.9 Å². The molecule has 0 bridgehead atoms. The van der Waals surface area contributed by atoms with Crippen LogP contribution in [0.1, 0.15) is 26.3 Å². The molecule has 2 aromatic carbocycles. The van der Waals surface area contributed by atoms with Gasteiger partial charge in [-0.05, 0) is 37.3 Å². The zero-order valence-electron chi connectivity index (χ0n) is 12.8. The predicted octanol–water partition coefficient (Wildman–Crippen LogP) is 2.41.